The van der Waals surface area contributed by atoms with Crippen LogP contribution in [0.1, 0.15) is 36.9 Å². The van der Waals surface area contributed by atoms with Gasteiger partial charge in [0.05, 0.1) is 23.2 Å². The first-order valence-electron chi connectivity index (χ1n) is 9.86. The van der Waals surface area contributed by atoms with E-state index in [4.69, 9.17) is 0 Å². The van der Waals surface area contributed by atoms with Gasteiger partial charge in [0.1, 0.15) is 6.54 Å². The van der Waals surface area contributed by atoms with E-state index in [9.17, 15) is 9.90 Å². The number of imidazole rings is 1. The number of anilines is 1. The van der Waals surface area contributed by atoms with Gasteiger partial charge in [0.2, 0.25) is 11.9 Å². The molecular formula is C22H26N4O2. The van der Waals surface area contributed by atoms with E-state index in [2.05, 4.69) is 33.8 Å². The van der Waals surface area contributed by atoms with Gasteiger partial charge in [-0.3, -0.25) is 4.79 Å². The van der Waals surface area contributed by atoms with Gasteiger partial charge in [-0.05, 0) is 49.4 Å². The van der Waals surface area contributed by atoms with E-state index in [1.807, 2.05) is 34.9 Å². The predicted octanol–water partition coefficient (Wildman–Crippen LogP) is 3.02. The van der Waals surface area contributed by atoms with Gasteiger partial charge < -0.3 is 20.3 Å². The van der Waals surface area contributed by atoms with Crippen LogP contribution in [-0.2, 0) is 17.8 Å². The van der Waals surface area contributed by atoms with Crippen molar-refractivity contribution in [2.45, 2.75) is 44.9 Å². The Kier molecular flexibility index (Phi) is 5.30. The molecule has 2 aromatic carbocycles. The molecule has 6 heteroatoms. The fraction of sp³-hybridized carbons (Fsp3) is 0.364. The molecule has 1 aliphatic carbocycles. The number of carbonyl (C=O) groups excluding carboxylic acids is 1. The Morgan fingerprint density at radius 1 is 1.25 bits per heavy atom. The standard InChI is InChI=1S/C22H26N4O2/c1-15(27)13-23-22-25-19-10-4-5-12-20(19)26(22)14-21(28)24-18-11-6-8-16-7-2-3-9-17(16)18/h2-5,7,9-10,12,15,18,27H,6,8,11,13-14H2,1H3,(H,23,25)(H,24,28). The van der Waals surface area contributed by atoms with Crippen molar-refractivity contribution >= 4 is 22.9 Å². The highest BCUT2D eigenvalue weighted by Gasteiger charge is 2.22. The number of para-hydroxylation sites is 2. The molecule has 3 aromatic rings. The Morgan fingerprint density at radius 2 is 2.04 bits per heavy atom. The molecule has 1 aromatic heterocycles. The van der Waals surface area contributed by atoms with Gasteiger partial charge in [0, 0.05) is 6.54 Å². The van der Waals surface area contributed by atoms with Crippen molar-refractivity contribution in [1.82, 2.24) is 14.9 Å². The van der Waals surface area contributed by atoms with Gasteiger partial charge in [0.25, 0.3) is 0 Å². The summed E-state index contributed by atoms with van der Waals surface area (Å²) >= 11 is 0. The molecule has 0 spiro atoms. The average molecular weight is 378 g/mol. The second-order valence-corrected chi connectivity index (χ2v) is 7.45. The first-order chi connectivity index (χ1) is 13.6. The quantitative estimate of drug-likeness (QED) is 0.616. The Labute approximate surface area is 164 Å². The summed E-state index contributed by atoms with van der Waals surface area (Å²) in [7, 11) is 0. The number of benzene rings is 2. The number of nitrogens with zero attached hydrogens (tertiary/aromatic N) is 2. The summed E-state index contributed by atoms with van der Waals surface area (Å²) in [6, 6.07) is 16.2. The molecule has 2 unspecified atom stereocenters. The second kappa shape index (κ2) is 8.02. The summed E-state index contributed by atoms with van der Waals surface area (Å²) < 4.78 is 1.88. The topological polar surface area (TPSA) is 79.2 Å². The molecular weight excluding hydrogens is 352 g/mol. The second-order valence-electron chi connectivity index (χ2n) is 7.45. The molecule has 146 valence electrons. The SMILES string of the molecule is CC(O)CNc1nc2ccccc2n1CC(=O)NC1CCCc2ccccc21. The number of nitrogens with one attached hydrogen (secondary N) is 2. The molecule has 2 atom stereocenters. The lowest BCUT2D eigenvalue weighted by Gasteiger charge is -2.26. The van der Waals surface area contributed by atoms with Crippen molar-refractivity contribution in [2.24, 2.45) is 0 Å². The molecule has 0 saturated carbocycles. The predicted molar refractivity (Wildman–Crippen MR) is 110 cm³/mol. The molecule has 0 radical (unpaired) electrons. The number of aromatic nitrogens is 2. The Balaban J connectivity index is 1.55. The first kappa shape index (κ1) is 18.5. The molecule has 0 fully saturated rings. The van der Waals surface area contributed by atoms with Gasteiger partial charge in [-0.15, -0.1) is 0 Å². The summed E-state index contributed by atoms with van der Waals surface area (Å²) in [6.45, 7) is 2.27. The highest BCUT2D eigenvalue weighted by Crippen LogP contribution is 2.29. The number of aliphatic hydroxyl groups is 1. The van der Waals surface area contributed by atoms with E-state index in [1.165, 1.54) is 11.1 Å². The fourth-order valence-electron chi connectivity index (χ4n) is 3.90. The molecule has 6 nitrogen and oxygen atoms in total. The lowest BCUT2D eigenvalue weighted by atomic mass is 9.88. The number of hydrogen-bond donors (Lipinski definition) is 3. The van der Waals surface area contributed by atoms with Crippen molar-refractivity contribution in [3.05, 3.63) is 59.7 Å². The third kappa shape index (κ3) is 3.87. The Morgan fingerprint density at radius 3 is 2.89 bits per heavy atom. The van der Waals surface area contributed by atoms with Crippen molar-refractivity contribution in [3.63, 3.8) is 0 Å². The monoisotopic (exact) mass is 378 g/mol. The van der Waals surface area contributed by atoms with Crippen molar-refractivity contribution in [2.75, 3.05) is 11.9 Å². The van der Waals surface area contributed by atoms with Gasteiger partial charge in [-0.25, -0.2) is 4.98 Å². The van der Waals surface area contributed by atoms with Gasteiger partial charge >= 0.3 is 0 Å². The van der Waals surface area contributed by atoms with Gasteiger partial charge in [0.15, 0.2) is 0 Å². The minimum absolute atomic E-state index is 0.0371. The number of amides is 1. The number of aliphatic hydroxyl groups excluding tert-OH is 1. The van der Waals surface area contributed by atoms with Crippen LogP contribution in [0.2, 0.25) is 0 Å². The zero-order valence-electron chi connectivity index (χ0n) is 16.1. The van der Waals surface area contributed by atoms with E-state index < -0.39 is 6.10 Å². The van der Waals surface area contributed by atoms with Crippen LogP contribution in [-0.4, -0.2) is 33.2 Å². The van der Waals surface area contributed by atoms with E-state index in [0.717, 1.165) is 30.3 Å². The summed E-state index contributed by atoms with van der Waals surface area (Å²) in [4.78, 5) is 17.5. The molecule has 1 heterocycles. The van der Waals surface area contributed by atoms with Gasteiger partial charge in [-0.2, -0.15) is 0 Å². The van der Waals surface area contributed by atoms with Crippen LogP contribution >= 0.6 is 0 Å². The number of aryl methyl sites for hydroxylation is 1. The third-order valence-corrected chi connectivity index (χ3v) is 5.22. The summed E-state index contributed by atoms with van der Waals surface area (Å²) in [5.74, 6) is 0.561. The lowest BCUT2D eigenvalue weighted by Crippen LogP contribution is -2.33. The summed E-state index contributed by atoms with van der Waals surface area (Å²) in [5.41, 5.74) is 4.28. The number of rotatable bonds is 6. The minimum atomic E-state index is -0.499. The maximum absolute atomic E-state index is 12.9. The first-order valence-corrected chi connectivity index (χ1v) is 9.86. The zero-order chi connectivity index (χ0) is 19.5. The molecule has 28 heavy (non-hydrogen) atoms. The fourth-order valence-corrected chi connectivity index (χ4v) is 3.90. The summed E-state index contributed by atoms with van der Waals surface area (Å²) in [6.07, 6.45) is 2.61. The molecule has 0 aliphatic heterocycles. The van der Waals surface area contributed by atoms with Gasteiger partial charge in [-0.1, -0.05) is 36.4 Å². The third-order valence-electron chi connectivity index (χ3n) is 5.22. The van der Waals surface area contributed by atoms with E-state index in [1.54, 1.807) is 6.92 Å². The number of fused-ring (bicyclic) bond motifs is 2. The highest BCUT2D eigenvalue weighted by atomic mass is 16.3. The minimum Gasteiger partial charge on any atom is -0.392 e. The number of carbonyl (C=O) groups is 1. The van der Waals surface area contributed by atoms with Crippen molar-refractivity contribution in [3.8, 4) is 0 Å². The maximum atomic E-state index is 12.9. The lowest BCUT2D eigenvalue weighted by molar-refractivity contribution is -0.122. The van der Waals surface area contributed by atoms with Crippen LogP contribution in [0.5, 0.6) is 0 Å². The Bertz CT molecular complexity index is 980. The molecule has 1 amide bonds. The van der Waals surface area contributed by atoms with Crippen LogP contribution in [0.25, 0.3) is 11.0 Å². The van der Waals surface area contributed by atoms with E-state index in [0.29, 0.717) is 12.5 Å². The van der Waals surface area contributed by atoms with E-state index >= 15 is 0 Å². The van der Waals surface area contributed by atoms with Crippen LogP contribution in [0.15, 0.2) is 48.5 Å². The van der Waals surface area contributed by atoms with E-state index in [-0.39, 0.29) is 18.5 Å². The molecule has 0 bridgehead atoms. The largest absolute Gasteiger partial charge is 0.392 e. The smallest absolute Gasteiger partial charge is 0.240 e. The zero-order valence-corrected chi connectivity index (χ0v) is 16.1. The Hall–Kier alpha value is -2.86. The molecule has 0 saturated heterocycles. The molecule has 1 aliphatic rings. The van der Waals surface area contributed by atoms with Crippen LogP contribution < -0.4 is 10.6 Å². The normalized spacial score (nSPS) is 17.1. The summed E-state index contributed by atoms with van der Waals surface area (Å²) in [5, 5.41) is 15.9. The van der Waals surface area contributed by atoms with Crippen molar-refractivity contribution < 1.29 is 9.90 Å². The van der Waals surface area contributed by atoms with Crippen molar-refractivity contribution in [1.29, 1.82) is 0 Å². The van der Waals surface area contributed by atoms with Crippen LogP contribution in [0, 0.1) is 0 Å². The number of hydrogen-bond acceptors (Lipinski definition) is 4. The maximum Gasteiger partial charge on any atom is 0.240 e. The van der Waals surface area contributed by atoms with Crippen LogP contribution in [0.4, 0.5) is 5.95 Å². The highest BCUT2D eigenvalue weighted by molar-refractivity contribution is 5.83. The average Bonchev–Trinajstić information content (AvgIpc) is 3.04. The van der Waals surface area contributed by atoms with Crippen LogP contribution in [0.3, 0.4) is 0 Å². The molecule has 3 N–H and O–H groups in total. The molecule has 4 rings (SSSR count).